The van der Waals surface area contributed by atoms with Gasteiger partial charge >= 0.3 is 0 Å². The second-order valence-corrected chi connectivity index (χ2v) is 5.89. The molecule has 0 saturated carbocycles. The monoisotopic (exact) mass is 420 g/mol. The summed E-state index contributed by atoms with van der Waals surface area (Å²) in [6.07, 6.45) is 2.06. The van der Waals surface area contributed by atoms with Gasteiger partial charge in [-0.25, -0.2) is 9.97 Å². The molecule has 0 radical (unpaired) electrons. The first kappa shape index (κ1) is 15.5. The zero-order valence-electron chi connectivity index (χ0n) is 10.8. The molecule has 0 fully saturated rings. The predicted molar refractivity (Wildman–Crippen MR) is 84.9 cm³/mol. The van der Waals surface area contributed by atoms with E-state index in [2.05, 4.69) is 41.8 Å². The van der Waals surface area contributed by atoms with Crippen molar-refractivity contribution in [3.63, 3.8) is 0 Å². The van der Waals surface area contributed by atoms with E-state index in [1.807, 2.05) is 13.0 Å². The molecule has 0 amide bonds. The first-order valence-electron chi connectivity index (χ1n) is 5.77. The van der Waals surface area contributed by atoms with Crippen molar-refractivity contribution in [2.45, 2.75) is 13.3 Å². The lowest BCUT2D eigenvalue weighted by atomic mass is 10.2. The summed E-state index contributed by atoms with van der Waals surface area (Å²) in [6, 6.07) is 3.62. The van der Waals surface area contributed by atoms with Crippen LogP contribution in [0.2, 0.25) is 5.15 Å². The summed E-state index contributed by atoms with van der Waals surface area (Å²) in [4.78, 5) is 8.09. The lowest BCUT2D eigenvalue weighted by molar-refractivity contribution is 0.408. The maximum atomic E-state index is 6.04. The van der Waals surface area contributed by atoms with Crippen molar-refractivity contribution < 1.29 is 9.47 Å². The Kier molecular flexibility index (Phi) is 5.23. The third-order valence-electron chi connectivity index (χ3n) is 2.62. The molecule has 0 aliphatic rings. The molecule has 1 aromatic carbocycles. The van der Waals surface area contributed by atoms with Gasteiger partial charge in [-0.15, -0.1) is 0 Å². The van der Waals surface area contributed by atoms with Gasteiger partial charge in [0.25, 0.3) is 0 Å². The average Bonchev–Trinajstić information content (AvgIpc) is 2.42. The van der Waals surface area contributed by atoms with Crippen molar-refractivity contribution in [1.29, 1.82) is 0 Å². The molecule has 1 heterocycles. The van der Waals surface area contributed by atoms with Crippen LogP contribution in [0.4, 0.5) is 0 Å². The van der Waals surface area contributed by atoms with E-state index in [0.29, 0.717) is 29.0 Å². The number of hydrogen-bond donors (Lipinski definition) is 0. The van der Waals surface area contributed by atoms with E-state index in [4.69, 9.17) is 21.1 Å². The molecule has 0 aliphatic heterocycles. The number of ether oxygens (including phenoxy) is 2. The van der Waals surface area contributed by atoms with Crippen LogP contribution in [0.25, 0.3) is 0 Å². The highest BCUT2D eigenvalue weighted by Gasteiger charge is 2.14. The Labute approximate surface area is 138 Å². The van der Waals surface area contributed by atoms with Crippen molar-refractivity contribution in [2.75, 3.05) is 7.11 Å². The molecule has 20 heavy (non-hydrogen) atoms. The topological polar surface area (TPSA) is 44.2 Å². The zero-order chi connectivity index (χ0) is 14.7. The van der Waals surface area contributed by atoms with Gasteiger partial charge in [0.15, 0.2) is 0 Å². The largest absolute Gasteiger partial charge is 0.496 e. The fourth-order valence-corrected chi connectivity index (χ4v) is 2.76. The number of rotatable bonds is 4. The van der Waals surface area contributed by atoms with E-state index in [9.17, 15) is 0 Å². The molecule has 7 heteroatoms. The highest BCUT2D eigenvalue weighted by molar-refractivity contribution is 9.11. The van der Waals surface area contributed by atoms with E-state index in [1.54, 1.807) is 13.2 Å². The molecule has 1 aromatic heterocycles. The summed E-state index contributed by atoms with van der Waals surface area (Å²) in [6.45, 7) is 1.97. The molecule has 0 aliphatic carbocycles. The highest BCUT2D eigenvalue weighted by atomic mass is 79.9. The summed E-state index contributed by atoms with van der Waals surface area (Å²) < 4.78 is 12.6. The Morgan fingerprint density at radius 2 is 1.80 bits per heavy atom. The van der Waals surface area contributed by atoms with Crippen molar-refractivity contribution in [3.05, 3.63) is 38.1 Å². The van der Waals surface area contributed by atoms with Crippen LogP contribution in [-0.4, -0.2) is 17.1 Å². The van der Waals surface area contributed by atoms with Crippen LogP contribution in [0, 0.1) is 0 Å². The second kappa shape index (κ2) is 6.74. The van der Waals surface area contributed by atoms with Crippen molar-refractivity contribution >= 4 is 43.5 Å². The molecule has 2 rings (SSSR count). The van der Waals surface area contributed by atoms with Gasteiger partial charge in [0.1, 0.15) is 23.0 Å². The SMILES string of the molecule is CCc1c(Cl)ncnc1Oc1cc(Br)c(OC)cc1Br. The molecule has 0 bridgehead atoms. The van der Waals surface area contributed by atoms with Gasteiger partial charge in [-0.05, 0) is 50.4 Å². The maximum absolute atomic E-state index is 6.04. The Hall–Kier alpha value is -0.850. The Balaban J connectivity index is 2.40. The maximum Gasteiger partial charge on any atom is 0.227 e. The van der Waals surface area contributed by atoms with Crippen LogP contribution >= 0.6 is 43.5 Å². The normalized spacial score (nSPS) is 10.4. The van der Waals surface area contributed by atoms with Gasteiger partial charge in [-0.1, -0.05) is 18.5 Å². The average molecular weight is 423 g/mol. The lowest BCUT2D eigenvalue weighted by Gasteiger charge is -2.12. The number of benzene rings is 1. The van der Waals surface area contributed by atoms with E-state index in [1.165, 1.54) is 6.33 Å². The first-order chi connectivity index (χ1) is 9.56. The van der Waals surface area contributed by atoms with E-state index >= 15 is 0 Å². The minimum Gasteiger partial charge on any atom is -0.496 e. The highest BCUT2D eigenvalue weighted by Crippen LogP contribution is 2.38. The third-order valence-corrected chi connectivity index (χ3v) is 4.18. The van der Waals surface area contributed by atoms with Gasteiger partial charge in [0.2, 0.25) is 5.88 Å². The smallest absolute Gasteiger partial charge is 0.227 e. The summed E-state index contributed by atoms with van der Waals surface area (Å²) >= 11 is 12.9. The van der Waals surface area contributed by atoms with Gasteiger partial charge < -0.3 is 9.47 Å². The van der Waals surface area contributed by atoms with E-state index in [-0.39, 0.29) is 0 Å². The first-order valence-corrected chi connectivity index (χ1v) is 7.73. The van der Waals surface area contributed by atoms with Crippen molar-refractivity contribution in [1.82, 2.24) is 9.97 Å². The molecule has 0 atom stereocenters. The van der Waals surface area contributed by atoms with Crippen molar-refractivity contribution in [3.8, 4) is 17.4 Å². The third kappa shape index (κ3) is 3.24. The van der Waals surface area contributed by atoms with Crippen molar-refractivity contribution in [2.24, 2.45) is 0 Å². The molecule has 2 aromatic rings. The minimum atomic E-state index is 0.404. The number of halogens is 3. The van der Waals surface area contributed by atoms with E-state index < -0.39 is 0 Å². The fourth-order valence-electron chi connectivity index (χ4n) is 1.61. The van der Waals surface area contributed by atoms with E-state index in [0.717, 1.165) is 14.5 Å². The molecular formula is C13H11Br2ClN2O2. The predicted octanol–water partition coefficient (Wildman–Crippen LogP) is 5.02. The molecule has 4 nitrogen and oxygen atoms in total. The summed E-state index contributed by atoms with van der Waals surface area (Å²) in [7, 11) is 1.60. The van der Waals surface area contributed by atoms with Gasteiger partial charge in [0, 0.05) is 0 Å². The Bertz CT molecular complexity index is 638. The molecule has 106 valence electrons. The van der Waals surface area contributed by atoms with Gasteiger partial charge in [-0.2, -0.15) is 0 Å². The van der Waals surface area contributed by atoms with Crippen LogP contribution in [0.15, 0.2) is 27.4 Å². The summed E-state index contributed by atoms with van der Waals surface area (Å²) in [5.74, 6) is 1.77. The molecule has 0 saturated heterocycles. The number of aromatic nitrogens is 2. The lowest BCUT2D eigenvalue weighted by Crippen LogP contribution is -1.97. The molecule has 0 N–H and O–H groups in total. The van der Waals surface area contributed by atoms with Crippen LogP contribution in [-0.2, 0) is 6.42 Å². The van der Waals surface area contributed by atoms with Crippen LogP contribution in [0.5, 0.6) is 17.4 Å². The standard InChI is InChI=1S/C13H11Br2ClN2O2/c1-3-7-12(16)17-6-18-13(7)20-11-5-8(14)10(19-2)4-9(11)15/h4-6H,3H2,1-2H3. The molecular weight excluding hydrogens is 411 g/mol. The molecule has 0 spiro atoms. The van der Waals surface area contributed by atoms with Crippen LogP contribution in [0.1, 0.15) is 12.5 Å². The van der Waals surface area contributed by atoms with Crippen LogP contribution < -0.4 is 9.47 Å². The zero-order valence-corrected chi connectivity index (χ0v) is 14.7. The Morgan fingerprint density at radius 1 is 1.15 bits per heavy atom. The summed E-state index contributed by atoms with van der Waals surface area (Å²) in [5, 5.41) is 0.404. The number of hydrogen-bond acceptors (Lipinski definition) is 4. The molecule has 0 unspecified atom stereocenters. The van der Waals surface area contributed by atoms with Crippen LogP contribution in [0.3, 0.4) is 0 Å². The van der Waals surface area contributed by atoms with Gasteiger partial charge in [-0.3, -0.25) is 0 Å². The van der Waals surface area contributed by atoms with Gasteiger partial charge in [0.05, 0.1) is 21.6 Å². The summed E-state index contributed by atoms with van der Waals surface area (Å²) in [5.41, 5.74) is 0.771. The fraction of sp³-hybridized carbons (Fsp3) is 0.231. The quantitative estimate of drug-likeness (QED) is 0.649. The number of nitrogens with zero attached hydrogens (tertiary/aromatic N) is 2. The minimum absolute atomic E-state index is 0.404. The number of methoxy groups -OCH3 is 1. The Morgan fingerprint density at radius 3 is 2.45 bits per heavy atom. The second-order valence-electron chi connectivity index (χ2n) is 3.82.